The molecular formula is C5H6N2O. The van der Waals surface area contributed by atoms with Gasteiger partial charge >= 0.3 is 0 Å². The number of aliphatic imine (C=N–C) groups is 1. The lowest BCUT2D eigenvalue weighted by molar-refractivity contribution is 0.202. The third kappa shape index (κ3) is 1.04. The zero-order valence-electron chi connectivity index (χ0n) is 4.42. The Kier molecular flexibility index (Phi) is 1.60. The molecule has 1 heterocycles. The highest BCUT2D eigenvalue weighted by molar-refractivity contribution is 5.88. The zero-order valence-corrected chi connectivity index (χ0v) is 4.42. The van der Waals surface area contributed by atoms with Crippen molar-refractivity contribution in [2.75, 3.05) is 13.3 Å². The summed E-state index contributed by atoms with van der Waals surface area (Å²) >= 11 is 0. The predicted octanol–water partition coefficient (Wildman–Crippen LogP) is 0.329. The highest BCUT2D eigenvalue weighted by atomic mass is 16.5. The number of hydrogen-bond acceptors (Lipinski definition) is 3. The van der Waals surface area contributed by atoms with Crippen molar-refractivity contribution in [3.63, 3.8) is 0 Å². The van der Waals surface area contributed by atoms with Crippen LogP contribution in [0.25, 0.3) is 0 Å². The van der Waals surface area contributed by atoms with Crippen LogP contribution in [0.4, 0.5) is 0 Å². The summed E-state index contributed by atoms with van der Waals surface area (Å²) in [5, 5.41) is 8.14. The molecule has 0 spiro atoms. The lowest BCUT2D eigenvalue weighted by Crippen LogP contribution is -1.97. The van der Waals surface area contributed by atoms with Gasteiger partial charge in [-0.05, 0) is 0 Å². The molecule has 1 rings (SSSR count). The van der Waals surface area contributed by atoms with E-state index in [0.29, 0.717) is 19.8 Å². The van der Waals surface area contributed by atoms with Crippen molar-refractivity contribution >= 4 is 5.71 Å². The summed E-state index contributed by atoms with van der Waals surface area (Å²) in [6, 6.07) is 2.00. The third-order valence-corrected chi connectivity index (χ3v) is 0.931. The first-order valence-electron chi connectivity index (χ1n) is 2.40. The molecule has 0 saturated carbocycles. The van der Waals surface area contributed by atoms with E-state index in [0.717, 1.165) is 5.71 Å². The van der Waals surface area contributed by atoms with E-state index in [4.69, 9.17) is 10.00 Å². The van der Waals surface area contributed by atoms with Crippen molar-refractivity contribution in [2.45, 2.75) is 6.42 Å². The maximum absolute atomic E-state index is 8.14. The summed E-state index contributed by atoms with van der Waals surface area (Å²) in [7, 11) is 0. The standard InChI is InChI=1S/C5H6N2O/c6-2-1-5-3-8-4-7-5/h1,3-4H2. The zero-order chi connectivity index (χ0) is 5.82. The minimum Gasteiger partial charge on any atom is -0.353 e. The van der Waals surface area contributed by atoms with Crippen LogP contribution in [-0.2, 0) is 4.74 Å². The highest BCUT2D eigenvalue weighted by Gasteiger charge is 2.03. The Morgan fingerprint density at radius 1 is 1.88 bits per heavy atom. The first-order chi connectivity index (χ1) is 3.93. The lowest BCUT2D eigenvalue weighted by Gasteiger charge is -1.84. The van der Waals surface area contributed by atoms with Crippen LogP contribution >= 0.6 is 0 Å². The Labute approximate surface area is 47.6 Å². The van der Waals surface area contributed by atoms with Gasteiger partial charge in [0.05, 0.1) is 24.8 Å². The molecule has 0 atom stereocenters. The molecule has 0 amide bonds. The third-order valence-electron chi connectivity index (χ3n) is 0.931. The van der Waals surface area contributed by atoms with Gasteiger partial charge in [0, 0.05) is 0 Å². The van der Waals surface area contributed by atoms with Crippen molar-refractivity contribution in [2.24, 2.45) is 4.99 Å². The van der Waals surface area contributed by atoms with E-state index >= 15 is 0 Å². The van der Waals surface area contributed by atoms with Crippen molar-refractivity contribution in [1.82, 2.24) is 0 Å². The summed E-state index contributed by atoms with van der Waals surface area (Å²) in [5.41, 5.74) is 0.868. The number of nitriles is 1. The Bertz CT molecular complexity index is 145. The molecule has 0 radical (unpaired) electrons. The maximum Gasteiger partial charge on any atom is 0.138 e. The molecular weight excluding hydrogens is 104 g/mol. The van der Waals surface area contributed by atoms with Crippen LogP contribution in [0.5, 0.6) is 0 Å². The van der Waals surface area contributed by atoms with E-state index in [9.17, 15) is 0 Å². The van der Waals surface area contributed by atoms with E-state index in [1.165, 1.54) is 0 Å². The molecule has 3 heteroatoms. The molecule has 42 valence electrons. The predicted molar refractivity (Wildman–Crippen MR) is 28.5 cm³/mol. The largest absolute Gasteiger partial charge is 0.353 e. The monoisotopic (exact) mass is 110 g/mol. The van der Waals surface area contributed by atoms with Gasteiger partial charge in [0.1, 0.15) is 6.73 Å². The van der Waals surface area contributed by atoms with Crippen molar-refractivity contribution in [3.8, 4) is 6.07 Å². The average Bonchev–Trinajstić information content (AvgIpc) is 2.19. The van der Waals surface area contributed by atoms with Crippen LogP contribution < -0.4 is 0 Å². The quantitative estimate of drug-likeness (QED) is 0.488. The molecule has 0 aliphatic carbocycles. The van der Waals surface area contributed by atoms with E-state index in [-0.39, 0.29) is 0 Å². The number of hydrogen-bond donors (Lipinski definition) is 0. The summed E-state index contributed by atoms with van der Waals surface area (Å²) in [5.74, 6) is 0. The van der Waals surface area contributed by atoms with E-state index in [1.807, 2.05) is 6.07 Å². The van der Waals surface area contributed by atoms with Gasteiger partial charge in [-0.15, -0.1) is 0 Å². The Morgan fingerprint density at radius 3 is 3.25 bits per heavy atom. The second kappa shape index (κ2) is 2.43. The van der Waals surface area contributed by atoms with Gasteiger partial charge in [-0.25, -0.2) is 0 Å². The molecule has 0 aromatic rings. The van der Waals surface area contributed by atoms with Gasteiger partial charge in [-0.2, -0.15) is 5.26 Å². The van der Waals surface area contributed by atoms with Crippen LogP contribution in [0, 0.1) is 11.3 Å². The molecule has 1 aliphatic heterocycles. The van der Waals surface area contributed by atoms with Gasteiger partial charge in [-0.1, -0.05) is 0 Å². The molecule has 0 aromatic heterocycles. The Hall–Kier alpha value is -0.880. The molecule has 1 aliphatic rings. The molecule has 0 N–H and O–H groups in total. The van der Waals surface area contributed by atoms with E-state index < -0.39 is 0 Å². The normalized spacial score (nSPS) is 17.6. The van der Waals surface area contributed by atoms with Crippen LogP contribution in [0.3, 0.4) is 0 Å². The summed E-state index contributed by atoms with van der Waals surface area (Å²) < 4.78 is 4.85. The number of ether oxygens (including phenoxy) is 1. The molecule has 0 aromatic carbocycles. The van der Waals surface area contributed by atoms with E-state index in [2.05, 4.69) is 4.99 Å². The summed E-state index contributed by atoms with van der Waals surface area (Å²) in [6.07, 6.45) is 0.417. The second-order valence-electron chi connectivity index (χ2n) is 1.54. The topological polar surface area (TPSA) is 45.4 Å². The number of rotatable bonds is 1. The van der Waals surface area contributed by atoms with Gasteiger partial charge in [-0.3, -0.25) is 4.99 Å². The van der Waals surface area contributed by atoms with Crippen LogP contribution in [0.15, 0.2) is 4.99 Å². The average molecular weight is 110 g/mol. The van der Waals surface area contributed by atoms with E-state index in [1.54, 1.807) is 0 Å². The van der Waals surface area contributed by atoms with Gasteiger partial charge in [0.15, 0.2) is 0 Å². The fourth-order valence-corrected chi connectivity index (χ4v) is 0.544. The van der Waals surface area contributed by atoms with Gasteiger partial charge in [0.2, 0.25) is 0 Å². The second-order valence-corrected chi connectivity index (χ2v) is 1.54. The fourth-order valence-electron chi connectivity index (χ4n) is 0.544. The first kappa shape index (κ1) is 5.26. The lowest BCUT2D eigenvalue weighted by atomic mass is 10.3. The minimum atomic E-state index is 0.417. The Morgan fingerprint density at radius 2 is 2.75 bits per heavy atom. The van der Waals surface area contributed by atoms with Gasteiger partial charge < -0.3 is 4.74 Å². The smallest absolute Gasteiger partial charge is 0.138 e. The maximum atomic E-state index is 8.14. The first-order valence-corrected chi connectivity index (χ1v) is 2.40. The molecule has 0 saturated heterocycles. The molecule has 8 heavy (non-hydrogen) atoms. The van der Waals surface area contributed by atoms with Crippen LogP contribution in [0.1, 0.15) is 6.42 Å². The molecule has 3 nitrogen and oxygen atoms in total. The highest BCUT2D eigenvalue weighted by Crippen LogP contribution is 1.95. The summed E-state index contributed by atoms with van der Waals surface area (Å²) in [4.78, 5) is 3.90. The molecule has 0 fully saturated rings. The van der Waals surface area contributed by atoms with Crippen LogP contribution in [0.2, 0.25) is 0 Å². The fraction of sp³-hybridized carbons (Fsp3) is 0.600. The summed E-state index contributed by atoms with van der Waals surface area (Å²) in [6.45, 7) is 0.991. The van der Waals surface area contributed by atoms with Gasteiger partial charge in [0.25, 0.3) is 0 Å². The van der Waals surface area contributed by atoms with Crippen molar-refractivity contribution < 1.29 is 4.74 Å². The Balaban J connectivity index is 2.36. The van der Waals surface area contributed by atoms with Crippen LogP contribution in [-0.4, -0.2) is 19.0 Å². The van der Waals surface area contributed by atoms with Crippen molar-refractivity contribution in [3.05, 3.63) is 0 Å². The molecule has 0 unspecified atom stereocenters. The SMILES string of the molecule is N#CCC1=NCOC1. The van der Waals surface area contributed by atoms with Crippen molar-refractivity contribution in [1.29, 1.82) is 5.26 Å². The minimum absolute atomic E-state index is 0.417. The molecule has 0 bridgehead atoms. The number of nitrogens with zero attached hydrogens (tertiary/aromatic N) is 2.